The van der Waals surface area contributed by atoms with Crippen LogP contribution in [0.4, 0.5) is 0 Å². The average Bonchev–Trinajstić information content (AvgIpc) is 3.45. The Hall–Kier alpha value is -3.67. The summed E-state index contributed by atoms with van der Waals surface area (Å²) in [5, 5.41) is 0. The summed E-state index contributed by atoms with van der Waals surface area (Å²) in [6.45, 7) is 6.49. The normalized spacial score (nSPS) is 12.7. The van der Waals surface area contributed by atoms with E-state index in [0.29, 0.717) is 19.3 Å². The molecule has 0 rings (SSSR count). The van der Waals surface area contributed by atoms with Gasteiger partial charge in [-0.25, -0.2) is 0 Å². The van der Waals surface area contributed by atoms with Crippen LogP contribution < -0.4 is 0 Å². The molecule has 79 heavy (non-hydrogen) atoms. The lowest BCUT2D eigenvalue weighted by Crippen LogP contribution is -2.30. The molecule has 0 aromatic carbocycles. The van der Waals surface area contributed by atoms with Crippen molar-refractivity contribution in [3.8, 4) is 0 Å². The summed E-state index contributed by atoms with van der Waals surface area (Å²) in [5.41, 5.74) is 0. The summed E-state index contributed by atoms with van der Waals surface area (Å²) in [6, 6.07) is 0. The number of esters is 3. The van der Waals surface area contributed by atoms with Crippen LogP contribution in [0.2, 0.25) is 0 Å². The predicted molar refractivity (Wildman–Crippen MR) is 344 cm³/mol. The van der Waals surface area contributed by atoms with E-state index in [9.17, 15) is 14.4 Å². The van der Waals surface area contributed by atoms with E-state index in [-0.39, 0.29) is 31.1 Å². The number of ether oxygens (including phenoxy) is 3. The molecule has 0 bridgehead atoms. The monoisotopic (exact) mass is 1100 g/mol. The van der Waals surface area contributed by atoms with Crippen LogP contribution in [0.3, 0.4) is 0 Å². The van der Waals surface area contributed by atoms with Crippen LogP contribution >= 0.6 is 0 Å². The van der Waals surface area contributed by atoms with E-state index >= 15 is 0 Å². The summed E-state index contributed by atoms with van der Waals surface area (Å²) < 4.78 is 16.9. The number of unbranched alkanes of at least 4 members (excludes halogenated alkanes) is 34. The van der Waals surface area contributed by atoms with E-state index in [1.54, 1.807) is 0 Å². The van der Waals surface area contributed by atoms with E-state index in [4.69, 9.17) is 14.2 Å². The minimum absolute atomic E-state index is 0.0827. The molecule has 0 aliphatic rings. The van der Waals surface area contributed by atoms with Crippen LogP contribution in [0.15, 0.2) is 97.2 Å². The topological polar surface area (TPSA) is 78.9 Å². The van der Waals surface area contributed by atoms with Crippen LogP contribution in [0.25, 0.3) is 0 Å². The van der Waals surface area contributed by atoms with Crippen LogP contribution in [-0.4, -0.2) is 37.2 Å². The molecule has 6 heteroatoms. The van der Waals surface area contributed by atoms with Gasteiger partial charge in [0, 0.05) is 19.3 Å². The van der Waals surface area contributed by atoms with Gasteiger partial charge in [0.2, 0.25) is 0 Å². The Labute approximate surface area is 489 Å². The van der Waals surface area contributed by atoms with Gasteiger partial charge in [0.15, 0.2) is 6.10 Å². The highest BCUT2D eigenvalue weighted by Gasteiger charge is 2.19. The van der Waals surface area contributed by atoms with Gasteiger partial charge in [0.25, 0.3) is 0 Å². The van der Waals surface area contributed by atoms with Gasteiger partial charge >= 0.3 is 17.9 Å². The zero-order valence-electron chi connectivity index (χ0n) is 52.1. The number of allylic oxidation sites excluding steroid dienone is 16. The first-order valence-electron chi connectivity index (χ1n) is 33.7. The van der Waals surface area contributed by atoms with Gasteiger partial charge in [-0.1, -0.05) is 285 Å². The maximum Gasteiger partial charge on any atom is 0.306 e. The number of carbonyl (C=O) groups is 3. The van der Waals surface area contributed by atoms with Crippen molar-refractivity contribution in [3.63, 3.8) is 0 Å². The van der Waals surface area contributed by atoms with Crippen molar-refractivity contribution in [2.45, 2.75) is 335 Å². The molecule has 0 saturated heterocycles. The van der Waals surface area contributed by atoms with Crippen molar-refractivity contribution in [3.05, 3.63) is 97.2 Å². The molecule has 6 nitrogen and oxygen atoms in total. The summed E-state index contributed by atoms with van der Waals surface area (Å²) in [7, 11) is 0. The van der Waals surface area contributed by atoms with Gasteiger partial charge in [-0.05, 0) is 122 Å². The van der Waals surface area contributed by atoms with Crippen LogP contribution in [0, 0.1) is 0 Å². The minimum Gasteiger partial charge on any atom is -0.462 e. The molecule has 1 atom stereocenters. The van der Waals surface area contributed by atoms with Crippen molar-refractivity contribution in [1.29, 1.82) is 0 Å². The zero-order valence-corrected chi connectivity index (χ0v) is 52.1. The summed E-state index contributed by atoms with van der Waals surface area (Å²) in [5.74, 6) is -0.894. The smallest absolute Gasteiger partial charge is 0.306 e. The van der Waals surface area contributed by atoms with Crippen molar-refractivity contribution in [1.82, 2.24) is 0 Å². The lowest BCUT2D eigenvalue weighted by molar-refractivity contribution is -0.167. The highest BCUT2D eigenvalue weighted by Crippen LogP contribution is 2.17. The molecule has 0 amide bonds. The second-order valence-electron chi connectivity index (χ2n) is 22.3. The molecule has 0 saturated carbocycles. The van der Waals surface area contributed by atoms with Gasteiger partial charge < -0.3 is 14.2 Å². The molecule has 0 aliphatic heterocycles. The Morgan fingerprint density at radius 2 is 0.494 bits per heavy atom. The van der Waals surface area contributed by atoms with Gasteiger partial charge in [-0.15, -0.1) is 0 Å². The maximum atomic E-state index is 12.9. The molecule has 0 aliphatic carbocycles. The van der Waals surface area contributed by atoms with E-state index in [1.807, 2.05) is 0 Å². The lowest BCUT2D eigenvalue weighted by atomic mass is 10.0. The van der Waals surface area contributed by atoms with Gasteiger partial charge in [-0.2, -0.15) is 0 Å². The largest absolute Gasteiger partial charge is 0.462 e. The standard InChI is InChI=1S/C73H126O6/c1-4-7-10-13-16-19-22-25-27-29-30-31-32-33-34-35-36-37-38-39-40-41-42-43-44-45-47-48-51-54-57-60-63-66-72(75)78-69-70(68-77-71(74)65-62-59-56-53-50-24-21-18-15-12-9-6-3)79-73(76)67-64-61-58-55-52-49-46-28-26-23-20-17-14-11-8-5-2/h7,10,16,18-21,23,25,27-28,30-31,33-34,46,70H,4-6,8-9,11-15,17,22,24,26,29,32,35-45,47-69H2,1-3H3/b10-7-,19-16-,21-18-,23-20-,27-25-,31-30-,34-33-,46-28-. The first kappa shape index (κ1) is 75.3. The van der Waals surface area contributed by atoms with Crippen molar-refractivity contribution in [2.24, 2.45) is 0 Å². The fraction of sp³-hybridized carbons (Fsp3) is 0.740. The Bertz CT molecular complexity index is 1540. The predicted octanol–water partition coefficient (Wildman–Crippen LogP) is 23.2. The minimum atomic E-state index is -0.787. The Balaban J connectivity index is 4.16. The molecule has 0 N–H and O–H groups in total. The van der Waals surface area contributed by atoms with E-state index < -0.39 is 6.10 Å². The van der Waals surface area contributed by atoms with E-state index in [1.165, 1.54) is 167 Å². The Morgan fingerprint density at radius 1 is 0.266 bits per heavy atom. The number of hydrogen-bond donors (Lipinski definition) is 0. The number of carbonyl (C=O) groups excluding carboxylic acids is 3. The molecular weight excluding hydrogens is 973 g/mol. The maximum absolute atomic E-state index is 12.9. The molecular formula is C73H126O6. The van der Waals surface area contributed by atoms with Crippen molar-refractivity contribution < 1.29 is 28.6 Å². The van der Waals surface area contributed by atoms with Crippen molar-refractivity contribution in [2.75, 3.05) is 13.2 Å². The summed E-state index contributed by atoms with van der Waals surface area (Å²) in [6.07, 6.45) is 90.1. The van der Waals surface area contributed by atoms with Crippen LogP contribution in [0.1, 0.15) is 329 Å². The summed E-state index contributed by atoms with van der Waals surface area (Å²) >= 11 is 0. The molecule has 454 valence electrons. The third-order valence-corrected chi connectivity index (χ3v) is 14.5. The van der Waals surface area contributed by atoms with Gasteiger partial charge in [-0.3, -0.25) is 14.4 Å². The molecule has 0 radical (unpaired) electrons. The fourth-order valence-corrected chi connectivity index (χ4v) is 9.50. The van der Waals surface area contributed by atoms with E-state index in [2.05, 4.69) is 118 Å². The molecule has 0 aromatic heterocycles. The van der Waals surface area contributed by atoms with Crippen LogP contribution in [-0.2, 0) is 28.6 Å². The van der Waals surface area contributed by atoms with E-state index in [0.717, 1.165) is 122 Å². The first-order chi connectivity index (χ1) is 39.0. The average molecular weight is 1100 g/mol. The quantitative estimate of drug-likeness (QED) is 0.0261. The highest BCUT2D eigenvalue weighted by molar-refractivity contribution is 5.71. The second-order valence-corrected chi connectivity index (χ2v) is 22.3. The van der Waals surface area contributed by atoms with Crippen LogP contribution in [0.5, 0.6) is 0 Å². The second kappa shape index (κ2) is 66.8. The van der Waals surface area contributed by atoms with Crippen molar-refractivity contribution >= 4 is 17.9 Å². The zero-order chi connectivity index (χ0) is 57.1. The number of hydrogen-bond acceptors (Lipinski definition) is 6. The molecule has 0 heterocycles. The summed E-state index contributed by atoms with van der Waals surface area (Å²) in [4.78, 5) is 38.3. The number of rotatable bonds is 61. The third kappa shape index (κ3) is 65.0. The SMILES string of the molecule is CC/C=C\C/C=C\C/C=C\C/C=C\C/C=C\CCCCCCCCCCCCCCCCCCCC(=O)OCC(COC(=O)CCCCCCC/C=C\CCCCC)OC(=O)CCCCCCC/C=C\C/C=C\CCCCCC. The lowest BCUT2D eigenvalue weighted by Gasteiger charge is -2.18. The highest BCUT2D eigenvalue weighted by atomic mass is 16.6. The first-order valence-corrected chi connectivity index (χ1v) is 33.7. The third-order valence-electron chi connectivity index (χ3n) is 14.5. The van der Waals surface area contributed by atoms with Gasteiger partial charge in [0.1, 0.15) is 13.2 Å². The molecule has 0 fully saturated rings. The molecule has 0 aromatic rings. The Kier molecular flexibility index (Phi) is 63.7. The molecule has 1 unspecified atom stereocenters. The molecule has 0 spiro atoms. The van der Waals surface area contributed by atoms with Gasteiger partial charge in [0.05, 0.1) is 0 Å². The Morgan fingerprint density at radius 3 is 0.810 bits per heavy atom. The fourth-order valence-electron chi connectivity index (χ4n) is 9.50.